The van der Waals surface area contributed by atoms with Gasteiger partial charge in [0.1, 0.15) is 5.03 Å². The van der Waals surface area contributed by atoms with Crippen LogP contribution in [-0.2, 0) is 0 Å². The van der Waals surface area contributed by atoms with Crippen LogP contribution in [0, 0.1) is 0 Å². The molecule has 1 aliphatic rings. The molecule has 1 aromatic rings. The van der Waals surface area contributed by atoms with E-state index < -0.39 is 11.2 Å². The zero-order valence-electron chi connectivity index (χ0n) is 5.64. The first-order valence-electron chi connectivity index (χ1n) is 3.14. The van der Waals surface area contributed by atoms with E-state index in [9.17, 15) is 4.55 Å². The highest BCUT2D eigenvalue weighted by Crippen LogP contribution is 2.40. The van der Waals surface area contributed by atoms with Crippen LogP contribution in [0.3, 0.4) is 0 Å². The summed E-state index contributed by atoms with van der Waals surface area (Å²) in [5.74, 6) is 0.656. The highest BCUT2D eigenvalue weighted by atomic mass is 32.2. The maximum absolute atomic E-state index is 9.40. The fraction of sp³-hybridized carbons (Fsp3) is 0. The molecule has 0 radical (unpaired) electrons. The lowest BCUT2D eigenvalue weighted by atomic mass is 10.5. The van der Waals surface area contributed by atoms with Gasteiger partial charge in [-0.05, 0) is 12.1 Å². The predicted molar refractivity (Wildman–Crippen MR) is 43.9 cm³/mol. The zero-order chi connectivity index (χ0) is 7.68. The van der Waals surface area contributed by atoms with E-state index in [4.69, 9.17) is 4.74 Å². The number of fused-ring (bicyclic) bond motifs is 1. The number of aromatic nitrogens is 1. The summed E-state index contributed by atoms with van der Waals surface area (Å²) in [5.41, 5.74) is 0. The van der Waals surface area contributed by atoms with Gasteiger partial charge in [0.2, 0.25) is 0 Å². The maximum Gasteiger partial charge on any atom is 0.159 e. The van der Waals surface area contributed by atoms with Gasteiger partial charge in [0.15, 0.2) is 5.75 Å². The van der Waals surface area contributed by atoms with Gasteiger partial charge in [0.25, 0.3) is 0 Å². The quantitative estimate of drug-likeness (QED) is 0.582. The van der Waals surface area contributed by atoms with Crippen LogP contribution in [0.1, 0.15) is 0 Å². The van der Waals surface area contributed by atoms with Crippen LogP contribution in [0.4, 0.5) is 0 Å². The van der Waals surface area contributed by atoms with Crippen LogP contribution in [0.25, 0.3) is 0 Å². The van der Waals surface area contributed by atoms with Gasteiger partial charge in [0.05, 0.1) is 6.26 Å². The SMILES string of the molecule is O[SH]1C=COc2cccnc21. The van der Waals surface area contributed by atoms with Gasteiger partial charge >= 0.3 is 0 Å². The summed E-state index contributed by atoms with van der Waals surface area (Å²) in [6.07, 6.45) is 3.14. The summed E-state index contributed by atoms with van der Waals surface area (Å²) >= 11 is -1.22. The number of thiol groups is 1. The maximum atomic E-state index is 9.40. The summed E-state index contributed by atoms with van der Waals surface area (Å²) in [6, 6.07) is 3.57. The summed E-state index contributed by atoms with van der Waals surface area (Å²) in [5, 5.41) is 2.26. The van der Waals surface area contributed by atoms with Crippen molar-refractivity contribution in [1.82, 2.24) is 4.98 Å². The van der Waals surface area contributed by atoms with Gasteiger partial charge in [-0.2, -0.15) is 0 Å². The van der Waals surface area contributed by atoms with Crippen molar-refractivity contribution >= 4 is 11.2 Å². The molecule has 0 aliphatic carbocycles. The van der Waals surface area contributed by atoms with E-state index >= 15 is 0 Å². The van der Waals surface area contributed by atoms with E-state index in [0.717, 1.165) is 0 Å². The van der Waals surface area contributed by atoms with E-state index in [1.165, 1.54) is 6.26 Å². The lowest BCUT2D eigenvalue weighted by Gasteiger charge is -2.16. The Morgan fingerprint density at radius 3 is 3.27 bits per heavy atom. The molecular formula is C7H7NO2S. The molecule has 1 N–H and O–H groups in total. The molecule has 1 aliphatic heterocycles. The Morgan fingerprint density at radius 2 is 2.45 bits per heavy atom. The number of pyridine rings is 1. The van der Waals surface area contributed by atoms with Crippen molar-refractivity contribution in [3.63, 3.8) is 0 Å². The third-order valence-electron chi connectivity index (χ3n) is 1.36. The Balaban J connectivity index is 2.50. The summed E-state index contributed by atoms with van der Waals surface area (Å²) in [7, 11) is 0. The summed E-state index contributed by atoms with van der Waals surface area (Å²) < 4.78 is 14.5. The van der Waals surface area contributed by atoms with Gasteiger partial charge < -0.3 is 9.29 Å². The molecule has 2 rings (SSSR count). The predicted octanol–water partition coefficient (Wildman–Crippen LogP) is 1.78. The first kappa shape index (κ1) is 6.69. The second kappa shape index (κ2) is 2.56. The van der Waals surface area contributed by atoms with Gasteiger partial charge in [-0.25, -0.2) is 4.98 Å². The second-order valence-corrected chi connectivity index (χ2v) is 3.48. The number of rotatable bonds is 0. The molecule has 0 fully saturated rings. The Bertz CT molecular complexity index is 300. The molecule has 1 aromatic heterocycles. The minimum Gasteiger partial charge on any atom is -0.462 e. The minimum atomic E-state index is -1.22. The first-order chi connectivity index (χ1) is 5.38. The highest BCUT2D eigenvalue weighted by molar-refractivity contribution is 8.14. The van der Waals surface area contributed by atoms with Crippen LogP contribution >= 0.6 is 11.2 Å². The Morgan fingerprint density at radius 1 is 1.55 bits per heavy atom. The van der Waals surface area contributed by atoms with Crippen LogP contribution in [0.15, 0.2) is 35.0 Å². The summed E-state index contributed by atoms with van der Waals surface area (Å²) in [6.45, 7) is 0. The molecule has 0 saturated carbocycles. The molecule has 0 aromatic carbocycles. The van der Waals surface area contributed by atoms with Gasteiger partial charge in [0, 0.05) is 11.6 Å². The monoisotopic (exact) mass is 169 g/mol. The van der Waals surface area contributed by atoms with Gasteiger partial charge in [-0.3, -0.25) is 0 Å². The normalized spacial score (nSPS) is 23.9. The van der Waals surface area contributed by atoms with E-state index in [0.29, 0.717) is 10.8 Å². The van der Waals surface area contributed by atoms with Crippen LogP contribution < -0.4 is 4.74 Å². The molecule has 0 spiro atoms. The van der Waals surface area contributed by atoms with Crippen LogP contribution in [0.5, 0.6) is 5.75 Å². The molecular weight excluding hydrogens is 162 g/mol. The Labute approximate surface area is 66.9 Å². The smallest absolute Gasteiger partial charge is 0.159 e. The van der Waals surface area contributed by atoms with E-state index in [1.54, 1.807) is 23.7 Å². The number of hydrogen-bond donors (Lipinski definition) is 2. The molecule has 0 amide bonds. The van der Waals surface area contributed by atoms with E-state index in [-0.39, 0.29) is 0 Å². The van der Waals surface area contributed by atoms with E-state index in [1.807, 2.05) is 0 Å². The van der Waals surface area contributed by atoms with Crippen molar-refractivity contribution in [2.75, 3.05) is 0 Å². The highest BCUT2D eigenvalue weighted by Gasteiger charge is 2.11. The topological polar surface area (TPSA) is 42.4 Å². The average molecular weight is 169 g/mol. The van der Waals surface area contributed by atoms with Crippen molar-refractivity contribution in [2.24, 2.45) is 0 Å². The average Bonchev–Trinajstić information content (AvgIpc) is 2.06. The molecule has 2 heterocycles. The minimum absolute atomic E-state index is 0.644. The third kappa shape index (κ3) is 1.10. The molecule has 1 atom stereocenters. The molecule has 58 valence electrons. The fourth-order valence-corrected chi connectivity index (χ4v) is 1.73. The first-order valence-corrected chi connectivity index (χ1v) is 4.51. The largest absolute Gasteiger partial charge is 0.462 e. The van der Waals surface area contributed by atoms with Crippen LogP contribution in [0.2, 0.25) is 0 Å². The van der Waals surface area contributed by atoms with Crippen molar-refractivity contribution in [3.05, 3.63) is 30.0 Å². The van der Waals surface area contributed by atoms with Gasteiger partial charge in [-0.1, -0.05) is 11.2 Å². The standard InChI is InChI=1S/C7H7NO2S/c9-11-5-4-10-6-2-1-3-8-7(6)11/h1-5,9,11H. The molecule has 0 saturated heterocycles. The lowest BCUT2D eigenvalue weighted by Crippen LogP contribution is -1.95. The fourth-order valence-electron chi connectivity index (χ4n) is 0.878. The molecule has 11 heavy (non-hydrogen) atoms. The second-order valence-electron chi connectivity index (χ2n) is 2.07. The number of hydrogen-bond acceptors (Lipinski definition) is 3. The molecule has 4 heteroatoms. The molecule has 3 nitrogen and oxygen atoms in total. The Hall–Kier alpha value is -1.00. The van der Waals surface area contributed by atoms with E-state index in [2.05, 4.69) is 4.98 Å². The van der Waals surface area contributed by atoms with Crippen molar-refractivity contribution < 1.29 is 9.29 Å². The van der Waals surface area contributed by atoms with Gasteiger partial charge in [-0.15, -0.1) is 0 Å². The zero-order valence-corrected chi connectivity index (χ0v) is 6.53. The Kier molecular flexibility index (Phi) is 1.56. The third-order valence-corrected chi connectivity index (χ3v) is 2.54. The lowest BCUT2D eigenvalue weighted by molar-refractivity contribution is 0.456. The van der Waals surface area contributed by atoms with Crippen molar-refractivity contribution in [1.29, 1.82) is 0 Å². The van der Waals surface area contributed by atoms with Crippen LogP contribution in [-0.4, -0.2) is 9.54 Å². The molecule has 0 bridgehead atoms. The molecule has 1 unspecified atom stereocenters. The van der Waals surface area contributed by atoms with Crippen molar-refractivity contribution in [2.45, 2.75) is 5.03 Å². The van der Waals surface area contributed by atoms with Crippen molar-refractivity contribution in [3.8, 4) is 5.75 Å². The summed E-state index contributed by atoms with van der Waals surface area (Å²) in [4.78, 5) is 4.00. The number of ether oxygens (including phenoxy) is 1. The number of nitrogens with zero attached hydrogens (tertiary/aromatic N) is 1.